The van der Waals surface area contributed by atoms with Crippen LogP contribution in [-0.2, 0) is 4.79 Å². The van der Waals surface area contributed by atoms with Gasteiger partial charge >= 0.3 is 0 Å². The minimum absolute atomic E-state index is 0.0474. The van der Waals surface area contributed by atoms with Crippen molar-refractivity contribution < 1.29 is 4.79 Å². The molecule has 0 aliphatic rings. The van der Waals surface area contributed by atoms with E-state index in [0.717, 1.165) is 10.2 Å². The molecule has 1 aromatic carbocycles. The first-order valence-corrected chi connectivity index (χ1v) is 5.60. The van der Waals surface area contributed by atoms with E-state index in [1.165, 1.54) is 6.92 Å². The Morgan fingerprint density at radius 1 is 1.44 bits per heavy atom. The third kappa shape index (κ3) is 4.32. The number of carbonyl (C=O) groups excluding carboxylic acids is 1. The summed E-state index contributed by atoms with van der Waals surface area (Å²) in [4.78, 5) is 10.6. The Labute approximate surface area is 103 Å². The fourth-order valence-electron chi connectivity index (χ4n) is 1.20. The minimum Gasteiger partial charge on any atom is -0.383 e. The first-order chi connectivity index (χ1) is 7.61. The highest BCUT2D eigenvalue weighted by molar-refractivity contribution is 9.10. The van der Waals surface area contributed by atoms with Crippen LogP contribution in [0.2, 0.25) is 0 Å². The number of anilines is 1. The van der Waals surface area contributed by atoms with Crippen LogP contribution in [0, 0.1) is 11.3 Å². The Bertz CT molecular complexity index is 426. The van der Waals surface area contributed by atoms with Crippen molar-refractivity contribution in [1.82, 2.24) is 5.32 Å². The molecular formula is C11H12BrN3O. The molecule has 0 radical (unpaired) electrons. The van der Waals surface area contributed by atoms with Crippen LogP contribution in [0.25, 0.3) is 0 Å². The van der Waals surface area contributed by atoms with Gasteiger partial charge in [0.2, 0.25) is 5.91 Å². The lowest BCUT2D eigenvalue weighted by Gasteiger charge is -2.07. The molecule has 0 saturated carbocycles. The van der Waals surface area contributed by atoms with Gasteiger partial charge in [-0.3, -0.25) is 4.79 Å². The average molecular weight is 282 g/mol. The van der Waals surface area contributed by atoms with Crippen LogP contribution in [-0.4, -0.2) is 19.0 Å². The maximum absolute atomic E-state index is 10.6. The van der Waals surface area contributed by atoms with Crippen molar-refractivity contribution in [2.24, 2.45) is 0 Å². The molecular weight excluding hydrogens is 270 g/mol. The van der Waals surface area contributed by atoms with Gasteiger partial charge in [-0.1, -0.05) is 15.9 Å². The van der Waals surface area contributed by atoms with Crippen molar-refractivity contribution in [3.05, 3.63) is 28.2 Å². The normalized spacial score (nSPS) is 9.31. The van der Waals surface area contributed by atoms with E-state index in [1.54, 1.807) is 12.1 Å². The second-order valence-electron chi connectivity index (χ2n) is 3.25. The van der Waals surface area contributed by atoms with Crippen LogP contribution in [0.3, 0.4) is 0 Å². The number of benzene rings is 1. The first kappa shape index (κ1) is 12.5. The van der Waals surface area contributed by atoms with E-state index in [4.69, 9.17) is 5.26 Å². The second-order valence-corrected chi connectivity index (χ2v) is 4.17. The maximum atomic E-state index is 10.6. The summed E-state index contributed by atoms with van der Waals surface area (Å²) in [6, 6.07) is 7.47. The van der Waals surface area contributed by atoms with E-state index in [9.17, 15) is 4.79 Å². The van der Waals surface area contributed by atoms with Crippen molar-refractivity contribution in [3.63, 3.8) is 0 Å². The number of nitriles is 1. The highest BCUT2D eigenvalue weighted by atomic mass is 79.9. The van der Waals surface area contributed by atoms with Crippen LogP contribution >= 0.6 is 15.9 Å². The van der Waals surface area contributed by atoms with Gasteiger partial charge in [0.1, 0.15) is 0 Å². The molecule has 5 heteroatoms. The molecule has 0 aromatic heterocycles. The Hall–Kier alpha value is -1.54. The zero-order valence-corrected chi connectivity index (χ0v) is 10.5. The standard InChI is InChI=1S/C11H12BrN3O/c1-8(16)14-2-3-15-11-5-9(7-13)4-10(12)6-11/h4-6,15H,2-3H2,1H3,(H,14,16). The summed E-state index contributed by atoms with van der Waals surface area (Å²) in [5.41, 5.74) is 1.45. The molecule has 1 aromatic rings. The Morgan fingerprint density at radius 3 is 2.81 bits per heavy atom. The molecule has 0 fully saturated rings. The molecule has 0 spiro atoms. The summed E-state index contributed by atoms with van der Waals surface area (Å²) in [6.45, 7) is 2.66. The molecule has 0 atom stereocenters. The maximum Gasteiger partial charge on any atom is 0.216 e. The number of carbonyl (C=O) groups is 1. The van der Waals surface area contributed by atoms with Crippen molar-refractivity contribution >= 4 is 27.5 Å². The van der Waals surface area contributed by atoms with Gasteiger partial charge in [0.15, 0.2) is 0 Å². The lowest BCUT2D eigenvalue weighted by molar-refractivity contribution is -0.118. The van der Waals surface area contributed by atoms with E-state index in [-0.39, 0.29) is 5.91 Å². The third-order valence-electron chi connectivity index (χ3n) is 1.85. The van der Waals surface area contributed by atoms with Crippen molar-refractivity contribution in [3.8, 4) is 6.07 Å². The quantitative estimate of drug-likeness (QED) is 0.828. The predicted molar refractivity (Wildman–Crippen MR) is 66.0 cm³/mol. The van der Waals surface area contributed by atoms with E-state index in [0.29, 0.717) is 18.7 Å². The van der Waals surface area contributed by atoms with Crippen LogP contribution in [0.4, 0.5) is 5.69 Å². The highest BCUT2D eigenvalue weighted by Crippen LogP contribution is 2.18. The number of halogens is 1. The molecule has 0 aliphatic carbocycles. The van der Waals surface area contributed by atoms with Gasteiger partial charge < -0.3 is 10.6 Å². The van der Waals surface area contributed by atoms with Gasteiger partial charge in [-0.05, 0) is 18.2 Å². The van der Waals surface area contributed by atoms with E-state index in [1.807, 2.05) is 6.07 Å². The molecule has 0 saturated heterocycles. The summed E-state index contributed by atoms with van der Waals surface area (Å²) >= 11 is 3.33. The van der Waals surface area contributed by atoms with Crippen molar-refractivity contribution in [2.45, 2.75) is 6.92 Å². The minimum atomic E-state index is -0.0474. The van der Waals surface area contributed by atoms with Crippen LogP contribution in [0.1, 0.15) is 12.5 Å². The van der Waals surface area contributed by atoms with Crippen molar-refractivity contribution in [1.29, 1.82) is 5.26 Å². The number of hydrogen-bond donors (Lipinski definition) is 2. The molecule has 16 heavy (non-hydrogen) atoms. The summed E-state index contributed by atoms with van der Waals surface area (Å²) in [7, 11) is 0. The Kier molecular flexibility index (Phi) is 4.80. The van der Waals surface area contributed by atoms with Crippen LogP contribution < -0.4 is 10.6 Å². The fourth-order valence-corrected chi connectivity index (χ4v) is 1.69. The van der Waals surface area contributed by atoms with Gasteiger partial charge in [-0.15, -0.1) is 0 Å². The molecule has 1 amide bonds. The SMILES string of the molecule is CC(=O)NCCNc1cc(Br)cc(C#N)c1. The number of nitrogens with one attached hydrogen (secondary N) is 2. The molecule has 0 bridgehead atoms. The molecule has 84 valence electrons. The van der Waals surface area contributed by atoms with Gasteiger partial charge in [-0.2, -0.15) is 5.26 Å². The summed E-state index contributed by atoms with van der Waals surface area (Å²) < 4.78 is 0.855. The Balaban J connectivity index is 2.51. The number of nitrogens with zero attached hydrogens (tertiary/aromatic N) is 1. The lowest BCUT2D eigenvalue weighted by Crippen LogP contribution is -2.26. The summed E-state index contributed by atoms with van der Waals surface area (Å²) in [5.74, 6) is -0.0474. The average Bonchev–Trinajstić information content (AvgIpc) is 2.23. The molecule has 2 N–H and O–H groups in total. The lowest BCUT2D eigenvalue weighted by atomic mass is 10.2. The van der Waals surface area contributed by atoms with E-state index < -0.39 is 0 Å². The van der Waals surface area contributed by atoms with Gasteiger partial charge in [0.25, 0.3) is 0 Å². The monoisotopic (exact) mass is 281 g/mol. The first-order valence-electron chi connectivity index (χ1n) is 4.81. The molecule has 1 rings (SSSR count). The van der Waals surface area contributed by atoms with E-state index >= 15 is 0 Å². The summed E-state index contributed by atoms with van der Waals surface area (Å²) in [6.07, 6.45) is 0. The van der Waals surface area contributed by atoms with Gasteiger partial charge in [-0.25, -0.2) is 0 Å². The number of amides is 1. The van der Waals surface area contributed by atoms with E-state index in [2.05, 4.69) is 32.6 Å². The number of hydrogen-bond acceptors (Lipinski definition) is 3. The highest BCUT2D eigenvalue weighted by Gasteiger charge is 1.98. The zero-order valence-electron chi connectivity index (χ0n) is 8.88. The molecule has 0 aliphatic heterocycles. The molecule has 0 unspecified atom stereocenters. The van der Waals surface area contributed by atoms with Gasteiger partial charge in [0, 0.05) is 30.2 Å². The molecule has 4 nitrogen and oxygen atoms in total. The zero-order chi connectivity index (χ0) is 12.0. The Morgan fingerprint density at radius 2 is 2.19 bits per heavy atom. The largest absolute Gasteiger partial charge is 0.383 e. The smallest absolute Gasteiger partial charge is 0.216 e. The van der Waals surface area contributed by atoms with Crippen LogP contribution in [0.5, 0.6) is 0 Å². The second kappa shape index (κ2) is 6.13. The number of rotatable bonds is 4. The third-order valence-corrected chi connectivity index (χ3v) is 2.31. The topological polar surface area (TPSA) is 64.9 Å². The van der Waals surface area contributed by atoms with Crippen molar-refractivity contribution in [2.75, 3.05) is 18.4 Å². The fraction of sp³-hybridized carbons (Fsp3) is 0.273. The summed E-state index contributed by atoms with van der Waals surface area (Å²) in [5, 5.41) is 14.6. The predicted octanol–water partition coefficient (Wildman–Crippen LogP) is 1.87. The van der Waals surface area contributed by atoms with Gasteiger partial charge in [0.05, 0.1) is 11.6 Å². The van der Waals surface area contributed by atoms with Crippen LogP contribution in [0.15, 0.2) is 22.7 Å². The molecule has 0 heterocycles.